The van der Waals surface area contributed by atoms with Gasteiger partial charge >= 0.3 is 0 Å². The number of carbonyl (C=O) groups is 1. The van der Waals surface area contributed by atoms with Crippen molar-refractivity contribution in [3.8, 4) is 34.0 Å². The van der Waals surface area contributed by atoms with Gasteiger partial charge in [0.25, 0.3) is 5.91 Å². The molecule has 0 radical (unpaired) electrons. The monoisotopic (exact) mass is 540 g/mol. The largest absolute Gasteiger partial charge is 0.336 e. The third-order valence-corrected chi connectivity index (χ3v) is 6.72. The summed E-state index contributed by atoms with van der Waals surface area (Å²) in [6.07, 6.45) is 6.64. The van der Waals surface area contributed by atoms with Crippen LogP contribution in [0.5, 0.6) is 0 Å². The summed E-state index contributed by atoms with van der Waals surface area (Å²) in [6.45, 7) is 1.84. The second-order valence-electron chi connectivity index (χ2n) is 9.63. The molecule has 0 bridgehead atoms. The van der Waals surface area contributed by atoms with Gasteiger partial charge in [-0.15, -0.1) is 0 Å². The van der Waals surface area contributed by atoms with Crippen LogP contribution in [0.15, 0.2) is 91.5 Å². The van der Waals surface area contributed by atoms with Crippen molar-refractivity contribution < 1.29 is 9.18 Å². The maximum Gasteiger partial charge on any atom is 0.255 e. The van der Waals surface area contributed by atoms with Crippen molar-refractivity contribution in [3.63, 3.8) is 0 Å². The molecule has 2 aromatic carbocycles. The lowest BCUT2D eigenvalue weighted by atomic mass is 10.1. The fraction of sp³-hybridized carbons (Fsp3) is 0.0323. The molecule has 0 spiro atoms. The molecule has 7 aromatic rings. The molecule has 3 N–H and O–H groups in total. The van der Waals surface area contributed by atoms with Crippen molar-refractivity contribution in [1.29, 1.82) is 0 Å². The predicted molar refractivity (Wildman–Crippen MR) is 155 cm³/mol. The quantitative estimate of drug-likeness (QED) is 0.234. The Balaban J connectivity index is 1.25. The van der Waals surface area contributed by atoms with Crippen molar-refractivity contribution in [1.82, 2.24) is 35.1 Å². The number of pyridine rings is 3. The van der Waals surface area contributed by atoms with E-state index in [1.165, 1.54) is 12.1 Å². The average Bonchev–Trinajstić information content (AvgIpc) is 3.61. The Morgan fingerprint density at radius 2 is 1.76 bits per heavy atom. The number of carbonyl (C=O) groups excluding carboxylic acids is 1. The van der Waals surface area contributed by atoms with E-state index >= 15 is 0 Å². The van der Waals surface area contributed by atoms with Crippen molar-refractivity contribution in [3.05, 3.63) is 108 Å². The standard InChI is InChI=1S/C31H21FN8O/c1-17-9-19(11-21(32)10-17)27-29-24(7-8-34-27)37-30(38-29)28-23-13-25(35-16-26(23)39-40-28)20-12-22(15-33-14-20)36-31(41)18-5-3-2-4-6-18/h2-16H,1H3,(H,36,41)(H,37,38)(H,39,40). The number of imidazole rings is 1. The molecule has 198 valence electrons. The first-order chi connectivity index (χ1) is 20.0. The number of hydrogen-bond acceptors (Lipinski definition) is 6. The number of rotatable bonds is 5. The van der Waals surface area contributed by atoms with Crippen LogP contribution in [-0.2, 0) is 0 Å². The zero-order valence-corrected chi connectivity index (χ0v) is 21.7. The summed E-state index contributed by atoms with van der Waals surface area (Å²) in [5.74, 6) is -0.0175. The molecular formula is C31H21FN8O. The zero-order chi connectivity index (χ0) is 27.9. The molecule has 0 saturated heterocycles. The van der Waals surface area contributed by atoms with Crippen LogP contribution in [0.2, 0.25) is 0 Å². The van der Waals surface area contributed by atoms with Gasteiger partial charge in [-0.1, -0.05) is 18.2 Å². The highest BCUT2D eigenvalue weighted by Gasteiger charge is 2.17. The van der Waals surface area contributed by atoms with E-state index in [-0.39, 0.29) is 11.7 Å². The van der Waals surface area contributed by atoms with Crippen LogP contribution in [0.25, 0.3) is 56.0 Å². The Kier molecular flexibility index (Phi) is 5.78. The van der Waals surface area contributed by atoms with E-state index in [4.69, 9.17) is 4.98 Å². The number of amides is 1. The minimum absolute atomic E-state index is 0.225. The second kappa shape index (κ2) is 9.76. The van der Waals surface area contributed by atoms with Crippen LogP contribution >= 0.6 is 0 Å². The van der Waals surface area contributed by atoms with Crippen LogP contribution in [-0.4, -0.2) is 41.0 Å². The normalized spacial score (nSPS) is 11.3. The minimum atomic E-state index is -0.328. The van der Waals surface area contributed by atoms with Crippen LogP contribution in [0.3, 0.4) is 0 Å². The average molecular weight is 541 g/mol. The molecule has 10 heteroatoms. The fourth-order valence-corrected chi connectivity index (χ4v) is 4.83. The Hall–Kier alpha value is -5.77. The first-order valence-corrected chi connectivity index (χ1v) is 12.8. The van der Waals surface area contributed by atoms with Gasteiger partial charge in [0.1, 0.15) is 17.0 Å². The lowest BCUT2D eigenvalue weighted by molar-refractivity contribution is 0.102. The first kappa shape index (κ1) is 24.3. The molecular weight excluding hydrogens is 519 g/mol. The third-order valence-electron chi connectivity index (χ3n) is 6.72. The number of benzene rings is 2. The maximum absolute atomic E-state index is 14.2. The summed E-state index contributed by atoms with van der Waals surface area (Å²) in [7, 11) is 0. The van der Waals surface area contributed by atoms with Gasteiger partial charge in [-0.2, -0.15) is 5.10 Å². The number of halogens is 1. The second-order valence-corrected chi connectivity index (χ2v) is 9.63. The van der Waals surface area contributed by atoms with Gasteiger partial charge in [0.15, 0.2) is 5.82 Å². The molecule has 0 saturated carbocycles. The van der Waals surface area contributed by atoms with E-state index in [2.05, 4.69) is 35.5 Å². The van der Waals surface area contributed by atoms with Crippen molar-refractivity contribution >= 4 is 33.5 Å². The van der Waals surface area contributed by atoms with E-state index in [9.17, 15) is 9.18 Å². The van der Waals surface area contributed by atoms with Crippen molar-refractivity contribution in [2.45, 2.75) is 6.92 Å². The number of fused-ring (bicyclic) bond motifs is 2. The topological polar surface area (TPSA) is 125 Å². The molecule has 1 amide bonds. The van der Waals surface area contributed by atoms with Crippen molar-refractivity contribution in [2.75, 3.05) is 5.32 Å². The van der Waals surface area contributed by atoms with Crippen LogP contribution < -0.4 is 5.32 Å². The van der Waals surface area contributed by atoms with Crippen LogP contribution in [0, 0.1) is 12.7 Å². The SMILES string of the molecule is Cc1cc(F)cc(-c2nccc3[nH]c(-c4n[nH]c5cnc(-c6cncc(NC(=O)c7ccccc7)c6)cc45)nc23)c1. The van der Waals surface area contributed by atoms with Crippen LogP contribution in [0.4, 0.5) is 10.1 Å². The Morgan fingerprint density at radius 1 is 0.878 bits per heavy atom. The van der Waals surface area contributed by atoms with E-state index in [0.717, 1.165) is 27.5 Å². The van der Waals surface area contributed by atoms with Gasteiger partial charge < -0.3 is 10.3 Å². The third kappa shape index (κ3) is 4.57. The number of nitrogens with zero attached hydrogens (tertiary/aromatic N) is 5. The summed E-state index contributed by atoms with van der Waals surface area (Å²) in [5, 5.41) is 11.2. The number of hydrogen-bond donors (Lipinski definition) is 3. The molecule has 0 aliphatic rings. The molecule has 0 aliphatic heterocycles. The van der Waals surface area contributed by atoms with Gasteiger partial charge in [0.05, 0.1) is 40.5 Å². The number of H-pyrrole nitrogens is 2. The highest BCUT2D eigenvalue weighted by Crippen LogP contribution is 2.32. The Labute approximate surface area is 232 Å². The number of aromatic amines is 2. The number of aryl methyl sites for hydroxylation is 1. The summed E-state index contributed by atoms with van der Waals surface area (Å²) in [6, 6.07) is 19.3. The summed E-state index contributed by atoms with van der Waals surface area (Å²) in [5.41, 5.74) is 7.20. The Bertz CT molecular complexity index is 2060. The highest BCUT2D eigenvalue weighted by molar-refractivity contribution is 6.04. The molecule has 9 nitrogen and oxygen atoms in total. The smallest absolute Gasteiger partial charge is 0.255 e. The summed E-state index contributed by atoms with van der Waals surface area (Å²) < 4.78 is 14.2. The number of aromatic nitrogens is 7. The lowest BCUT2D eigenvalue weighted by Gasteiger charge is -2.07. The van der Waals surface area contributed by atoms with Gasteiger partial charge in [0.2, 0.25) is 0 Å². The molecule has 0 unspecified atom stereocenters. The Morgan fingerprint density at radius 3 is 2.61 bits per heavy atom. The number of anilines is 1. The van der Waals surface area contributed by atoms with E-state index in [0.29, 0.717) is 45.2 Å². The summed E-state index contributed by atoms with van der Waals surface area (Å²) >= 11 is 0. The lowest BCUT2D eigenvalue weighted by Crippen LogP contribution is -2.11. The van der Waals surface area contributed by atoms with E-state index in [1.54, 1.807) is 36.9 Å². The zero-order valence-electron chi connectivity index (χ0n) is 21.7. The van der Waals surface area contributed by atoms with Gasteiger partial charge in [-0.3, -0.25) is 24.8 Å². The molecule has 5 aromatic heterocycles. The van der Waals surface area contributed by atoms with Crippen LogP contribution in [0.1, 0.15) is 15.9 Å². The molecule has 5 heterocycles. The van der Waals surface area contributed by atoms with Crippen molar-refractivity contribution in [2.24, 2.45) is 0 Å². The molecule has 7 rings (SSSR count). The van der Waals surface area contributed by atoms with E-state index < -0.39 is 0 Å². The number of nitrogens with one attached hydrogen (secondary N) is 3. The molecule has 0 aliphatic carbocycles. The van der Waals surface area contributed by atoms with Gasteiger partial charge in [-0.25, -0.2) is 9.37 Å². The molecule has 0 fully saturated rings. The maximum atomic E-state index is 14.2. The predicted octanol–water partition coefficient (Wildman–Crippen LogP) is 6.33. The minimum Gasteiger partial charge on any atom is -0.336 e. The fourth-order valence-electron chi connectivity index (χ4n) is 4.83. The van der Waals surface area contributed by atoms with Gasteiger partial charge in [0, 0.05) is 34.5 Å². The van der Waals surface area contributed by atoms with E-state index in [1.807, 2.05) is 49.4 Å². The highest BCUT2D eigenvalue weighted by atomic mass is 19.1. The van der Waals surface area contributed by atoms with Gasteiger partial charge in [-0.05, 0) is 61.0 Å². The molecule has 41 heavy (non-hydrogen) atoms. The summed E-state index contributed by atoms with van der Waals surface area (Å²) in [4.78, 5) is 34.1. The molecule has 0 atom stereocenters. The first-order valence-electron chi connectivity index (χ1n) is 12.8.